The maximum atomic E-state index is 12.0. The third-order valence-corrected chi connectivity index (χ3v) is 6.06. The van der Waals surface area contributed by atoms with Crippen LogP contribution in [0.4, 0.5) is 0 Å². The Bertz CT molecular complexity index is 509. The van der Waals surface area contributed by atoms with E-state index in [1.165, 1.54) is 57.8 Å². The lowest BCUT2D eigenvalue weighted by Gasteiger charge is -2.53. The first-order valence-corrected chi connectivity index (χ1v) is 12.1. The van der Waals surface area contributed by atoms with Crippen molar-refractivity contribution >= 4 is 5.97 Å². The first kappa shape index (κ1) is 27.0. The van der Waals surface area contributed by atoms with Crippen LogP contribution in [0.3, 0.4) is 0 Å². The molecule has 1 N–H and O–H groups in total. The van der Waals surface area contributed by atoms with Crippen molar-refractivity contribution in [3.05, 3.63) is 11.8 Å². The zero-order valence-electron chi connectivity index (χ0n) is 20.5. The Labute approximate surface area is 185 Å². The number of piperidine rings is 1. The average molecular weight is 426 g/mol. The van der Waals surface area contributed by atoms with Crippen molar-refractivity contribution in [3.63, 3.8) is 0 Å². The average Bonchev–Trinajstić information content (AvgIpc) is 2.66. The minimum atomic E-state index is -0.450. The lowest BCUT2D eigenvalue weighted by atomic mass is 9.80. The van der Waals surface area contributed by atoms with Crippen LogP contribution in [0, 0.1) is 0 Å². The molecule has 176 valence electrons. The van der Waals surface area contributed by atoms with Crippen LogP contribution in [0.25, 0.3) is 0 Å². The third-order valence-electron chi connectivity index (χ3n) is 6.06. The summed E-state index contributed by atoms with van der Waals surface area (Å²) in [5, 5.41) is 11.1. The summed E-state index contributed by atoms with van der Waals surface area (Å²) >= 11 is 0. The summed E-state index contributed by atoms with van der Waals surface area (Å²) in [6, 6.07) is 0. The smallest absolute Gasteiger partial charge is 0.337 e. The number of carbonyl (C=O) groups excluding carboxylic acids is 1. The topological polar surface area (TPSA) is 59.0 Å². The van der Waals surface area contributed by atoms with Gasteiger partial charge in [-0.25, -0.2) is 4.79 Å². The van der Waals surface area contributed by atoms with Crippen LogP contribution in [-0.2, 0) is 14.4 Å². The van der Waals surface area contributed by atoms with Crippen LogP contribution in [-0.4, -0.2) is 39.9 Å². The second kappa shape index (κ2) is 13.4. The highest BCUT2D eigenvalue weighted by Crippen LogP contribution is 2.40. The van der Waals surface area contributed by atoms with Crippen LogP contribution in [0.5, 0.6) is 0 Å². The highest BCUT2D eigenvalue weighted by Gasteiger charge is 2.47. The Morgan fingerprint density at radius 3 is 1.87 bits per heavy atom. The number of hydrogen-bond acceptors (Lipinski definition) is 5. The maximum Gasteiger partial charge on any atom is 0.337 e. The Balaban J connectivity index is 2.33. The molecule has 0 bridgehead atoms. The maximum absolute atomic E-state index is 12.0. The van der Waals surface area contributed by atoms with E-state index in [1.807, 2.05) is 0 Å². The number of aliphatic hydroxyl groups is 1. The molecule has 1 rings (SSSR count). The summed E-state index contributed by atoms with van der Waals surface area (Å²) in [7, 11) is 0. The number of unbranched alkanes of at least 4 members (excludes halogenated alkanes) is 9. The van der Waals surface area contributed by atoms with Crippen molar-refractivity contribution in [1.29, 1.82) is 0 Å². The minimum absolute atomic E-state index is 0.186. The van der Waals surface area contributed by atoms with Gasteiger partial charge in [0.1, 0.15) is 6.10 Å². The van der Waals surface area contributed by atoms with Gasteiger partial charge in [-0.05, 0) is 41.0 Å². The molecule has 1 heterocycles. The van der Waals surface area contributed by atoms with Crippen molar-refractivity contribution in [1.82, 2.24) is 5.06 Å². The third kappa shape index (κ3) is 9.38. The van der Waals surface area contributed by atoms with E-state index in [0.717, 1.165) is 19.3 Å². The monoisotopic (exact) mass is 425 g/mol. The molecule has 0 atom stereocenters. The highest BCUT2D eigenvalue weighted by molar-refractivity contribution is 5.87. The molecule has 1 saturated heterocycles. The molecule has 5 nitrogen and oxygen atoms in total. The highest BCUT2D eigenvalue weighted by atomic mass is 16.7. The van der Waals surface area contributed by atoms with E-state index in [1.54, 1.807) is 6.92 Å². The van der Waals surface area contributed by atoms with Gasteiger partial charge in [0.2, 0.25) is 0 Å². The Morgan fingerprint density at radius 2 is 1.40 bits per heavy atom. The van der Waals surface area contributed by atoms with E-state index in [2.05, 4.69) is 39.7 Å². The van der Waals surface area contributed by atoms with Gasteiger partial charge in [-0.2, -0.15) is 5.06 Å². The largest absolute Gasteiger partial charge is 0.515 e. The summed E-state index contributed by atoms with van der Waals surface area (Å²) < 4.78 is 5.63. The molecule has 0 amide bonds. The van der Waals surface area contributed by atoms with Gasteiger partial charge in [0.05, 0.1) is 18.4 Å². The zero-order valence-corrected chi connectivity index (χ0v) is 20.5. The second-order valence-electron chi connectivity index (χ2n) is 10.2. The van der Waals surface area contributed by atoms with E-state index < -0.39 is 5.97 Å². The van der Waals surface area contributed by atoms with Gasteiger partial charge in [-0.3, -0.25) is 4.84 Å². The van der Waals surface area contributed by atoms with Crippen LogP contribution in [0.15, 0.2) is 11.8 Å². The Morgan fingerprint density at radius 1 is 0.933 bits per heavy atom. The minimum Gasteiger partial charge on any atom is -0.515 e. The van der Waals surface area contributed by atoms with Crippen LogP contribution >= 0.6 is 0 Å². The zero-order chi connectivity index (χ0) is 22.6. The molecule has 1 fully saturated rings. The molecule has 0 spiro atoms. The Hall–Kier alpha value is -1.07. The van der Waals surface area contributed by atoms with Crippen LogP contribution in [0.2, 0.25) is 0 Å². The van der Waals surface area contributed by atoms with Crippen molar-refractivity contribution in [2.45, 2.75) is 136 Å². The predicted molar refractivity (Wildman–Crippen MR) is 123 cm³/mol. The molecular weight excluding hydrogens is 378 g/mol. The van der Waals surface area contributed by atoms with E-state index in [0.29, 0.717) is 12.8 Å². The van der Waals surface area contributed by atoms with Crippen molar-refractivity contribution in [2.75, 3.05) is 6.61 Å². The van der Waals surface area contributed by atoms with E-state index >= 15 is 0 Å². The van der Waals surface area contributed by atoms with E-state index in [9.17, 15) is 4.79 Å². The number of esters is 1. The number of nitrogens with zero attached hydrogens (tertiary/aromatic N) is 1. The number of hydroxylamine groups is 2. The van der Waals surface area contributed by atoms with Crippen LogP contribution in [0.1, 0.15) is 119 Å². The Kier molecular flexibility index (Phi) is 12.0. The summed E-state index contributed by atoms with van der Waals surface area (Å²) in [5.41, 5.74) is -0.241. The molecule has 1 aliphatic rings. The fourth-order valence-corrected chi connectivity index (χ4v) is 4.65. The quantitative estimate of drug-likeness (QED) is 0.142. The van der Waals surface area contributed by atoms with Gasteiger partial charge >= 0.3 is 5.97 Å². The molecular formula is C25H47NO4. The molecule has 0 aromatic rings. The van der Waals surface area contributed by atoms with Gasteiger partial charge in [0.25, 0.3) is 0 Å². The van der Waals surface area contributed by atoms with E-state index in [-0.39, 0.29) is 22.8 Å². The number of ether oxygens (including phenoxy) is 1. The molecule has 0 radical (unpaired) electrons. The van der Waals surface area contributed by atoms with Crippen molar-refractivity contribution < 1.29 is 19.5 Å². The number of rotatable bonds is 14. The summed E-state index contributed by atoms with van der Waals surface area (Å²) in [6.07, 6.45) is 15.2. The standard InChI is InChI=1S/C25H47NO4/c1-7-8-9-10-11-12-13-14-15-16-17-29-26-24(3,4)18-22(19-25(26,5)6)30-23(28)21(2)20-27/h20,22,27H,7-19H2,1-6H3. The number of hydrogen-bond donors (Lipinski definition) is 1. The normalized spacial score (nSPS) is 19.7. The van der Waals surface area contributed by atoms with Crippen molar-refractivity contribution in [3.8, 4) is 0 Å². The molecule has 0 aromatic heterocycles. The molecule has 30 heavy (non-hydrogen) atoms. The molecule has 1 aliphatic heterocycles. The number of aliphatic hydroxyl groups excluding tert-OH is 1. The molecule has 0 saturated carbocycles. The van der Waals surface area contributed by atoms with Gasteiger partial charge in [-0.15, -0.1) is 0 Å². The SMILES string of the molecule is CCCCCCCCCCCCON1C(C)(C)CC(OC(=O)C(C)=CO)CC1(C)C. The molecule has 0 aromatic carbocycles. The van der Waals surface area contributed by atoms with E-state index in [4.69, 9.17) is 14.7 Å². The van der Waals surface area contributed by atoms with Crippen molar-refractivity contribution in [2.24, 2.45) is 0 Å². The molecule has 5 heteroatoms. The first-order chi connectivity index (χ1) is 14.1. The molecule has 0 unspecified atom stereocenters. The fraction of sp³-hybridized carbons (Fsp3) is 0.880. The number of carbonyl (C=O) groups is 1. The summed E-state index contributed by atoms with van der Waals surface area (Å²) in [5.74, 6) is -0.450. The van der Waals surface area contributed by atoms with Crippen LogP contribution < -0.4 is 0 Å². The first-order valence-electron chi connectivity index (χ1n) is 12.1. The lowest BCUT2D eigenvalue weighted by molar-refractivity contribution is -0.293. The molecule has 0 aliphatic carbocycles. The van der Waals surface area contributed by atoms with Gasteiger partial charge < -0.3 is 9.84 Å². The van der Waals surface area contributed by atoms with Gasteiger partial charge in [0, 0.05) is 23.9 Å². The predicted octanol–water partition coefficient (Wildman–Crippen LogP) is 6.87. The summed E-state index contributed by atoms with van der Waals surface area (Å²) in [6.45, 7) is 13.1. The van der Waals surface area contributed by atoms with Gasteiger partial charge in [-0.1, -0.05) is 64.7 Å². The summed E-state index contributed by atoms with van der Waals surface area (Å²) in [4.78, 5) is 18.3. The fourth-order valence-electron chi connectivity index (χ4n) is 4.65. The van der Waals surface area contributed by atoms with Gasteiger partial charge in [0.15, 0.2) is 0 Å². The lowest BCUT2D eigenvalue weighted by Crippen LogP contribution is -2.62. The second-order valence-corrected chi connectivity index (χ2v) is 10.2.